The molecule has 4 nitrogen and oxygen atoms in total. The van der Waals surface area contributed by atoms with E-state index in [0.29, 0.717) is 26.3 Å². The minimum Gasteiger partial charge on any atom is -0.445 e. The Balaban J connectivity index is 2.28. The number of halogens is 3. The van der Waals surface area contributed by atoms with Gasteiger partial charge in [-0.15, -0.1) is 5.46 Å². The number of rotatable bonds is 2. The predicted molar refractivity (Wildman–Crippen MR) is 66.3 cm³/mol. The molecule has 0 spiro atoms. The largest absolute Gasteiger partial charge is 0.509 e. The van der Waals surface area contributed by atoms with Crippen molar-refractivity contribution in [2.75, 3.05) is 32.0 Å². The number of hydrogen-bond donors (Lipinski definition) is 1. The summed E-state index contributed by atoms with van der Waals surface area (Å²) in [5.74, 6) is -0.447. The Kier molecular flexibility index (Phi) is 3.70. The lowest BCUT2D eigenvalue weighted by Gasteiger charge is -2.27. The van der Waals surface area contributed by atoms with E-state index in [1.54, 1.807) is 0 Å². The van der Waals surface area contributed by atoms with Gasteiger partial charge >= 0.3 is 6.98 Å². The number of carbonyl (C=O) groups excluding carboxylic acids is 1. The van der Waals surface area contributed by atoms with Gasteiger partial charge in [-0.1, -0.05) is 12.1 Å². The molecule has 1 aromatic carbocycles. The lowest BCUT2D eigenvalue weighted by molar-refractivity contribution is 0.0303. The Bertz CT molecular complexity index is 487. The van der Waals surface area contributed by atoms with E-state index in [-0.39, 0.29) is 11.3 Å². The smallest absolute Gasteiger partial charge is 0.445 e. The summed E-state index contributed by atoms with van der Waals surface area (Å²) in [5, 5.41) is 0. The zero-order valence-corrected chi connectivity index (χ0v) is 10.1. The van der Waals surface area contributed by atoms with E-state index in [9.17, 15) is 17.7 Å². The molecule has 19 heavy (non-hydrogen) atoms. The van der Waals surface area contributed by atoms with Crippen LogP contribution in [-0.2, 0) is 4.74 Å². The molecule has 1 aliphatic rings. The molecule has 0 bridgehead atoms. The van der Waals surface area contributed by atoms with E-state index in [0.717, 1.165) is 12.1 Å². The lowest BCUT2D eigenvalue weighted by Crippen LogP contribution is -2.41. The fraction of sp³-hybridized carbons (Fsp3) is 0.364. The maximum atomic E-state index is 12.7. The Morgan fingerprint density at radius 2 is 1.84 bits per heavy atom. The van der Waals surface area contributed by atoms with Gasteiger partial charge in [-0.3, -0.25) is 4.79 Å². The van der Waals surface area contributed by atoms with Crippen LogP contribution in [0.5, 0.6) is 0 Å². The quantitative estimate of drug-likeness (QED) is 0.640. The summed E-state index contributed by atoms with van der Waals surface area (Å²) >= 11 is 0. The molecule has 8 heteroatoms. The van der Waals surface area contributed by atoms with Gasteiger partial charge in [-0.05, 0) is 6.07 Å². The minimum atomic E-state index is -5.17. The Morgan fingerprint density at radius 1 is 1.21 bits per heavy atom. The number of morpholine rings is 1. The number of nitrogens with two attached hydrogens (primary N) is 1. The number of carbonyl (C=O) groups is 1. The zero-order chi connectivity index (χ0) is 14.0. The third-order valence-corrected chi connectivity index (χ3v) is 2.90. The highest BCUT2D eigenvalue weighted by Crippen LogP contribution is 2.15. The second-order valence-electron chi connectivity index (χ2n) is 4.37. The van der Waals surface area contributed by atoms with Crippen molar-refractivity contribution in [2.24, 2.45) is 0 Å². The van der Waals surface area contributed by atoms with Crippen LogP contribution in [0.2, 0.25) is 0 Å². The molecule has 2 rings (SSSR count). The van der Waals surface area contributed by atoms with Gasteiger partial charge < -0.3 is 28.3 Å². The maximum absolute atomic E-state index is 12.7. The molecule has 0 aromatic heterocycles. The fourth-order valence-corrected chi connectivity index (χ4v) is 1.94. The van der Waals surface area contributed by atoms with E-state index in [4.69, 9.17) is 10.5 Å². The molecule has 1 aromatic rings. The molecular formula is C11H13BF3N2O2-. The zero-order valence-electron chi connectivity index (χ0n) is 10.1. The van der Waals surface area contributed by atoms with Crippen molar-refractivity contribution < 1.29 is 22.5 Å². The van der Waals surface area contributed by atoms with Crippen molar-refractivity contribution in [1.82, 2.24) is 4.90 Å². The molecule has 1 aliphatic heterocycles. The van der Waals surface area contributed by atoms with E-state index < -0.39 is 18.3 Å². The third kappa shape index (κ3) is 3.20. The molecule has 1 fully saturated rings. The van der Waals surface area contributed by atoms with Crippen molar-refractivity contribution in [2.45, 2.75) is 0 Å². The van der Waals surface area contributed by atoms with Crippen molar-refractivity contribution in [3.05, 3.63) is 23.8 Å². The molecule has 1 saturated heterocycles. The molecule has 0 unspecified atom stereocenters. The molecule has 104 valence electrons. The van der Waals surface area contributed by atoms with Crippen molar-refractivity contribution in [3.63, 3.8) is 0 Å². The van der Waals surface area contributed by atoms with Gasteiger partial charge in [0.15, 0.2) is 0 Å². The number of benzene rings is 1. The Labute approximate surface area is 108 Å². The highest BCUT2D eigenvalue weighted by molar-refractivity contribution is 6.73. The fourth-order valence-electron chi connectivity index (χ4n) is 1.94. The minimum absolute atomic E-state index is 0.0314. The number of ether oxygens (including phenoxy) is 1. The average molecular weight is 273 g/mol. The van der Waals surface area contributed by atoms with Gasteiger partial charge in [-0.2, -0.15) is 0 Å². The maximum Gasteiger partial charge on any atom is 0.509 e. The molecule has 0 aliphatic carbocycles. The molecule has 1 heterocycles. The summed E-state index contributed by atoms with van der Waals surface area (Å²) in [7, 11) is 0. The van der Waals surface area contributed by atoms with Crippen LogP contribution in [0.3, 0.4) is 0 Å². The lowest BCUT2D eigenvalue weighted by atomic mass is 9.79. The summed E-state index contributed by atoms with van der Waals surface area (Å²) < 4.78 is 43.2. The summed E-state index contributed by atoms with van der Waals surface area (Å²) in [6, 6.07) is 2.97. The summed E-state index contributed by atoms with van der Waals surface area (Å²) in [6.45, 7) is -3.63. The monoisotopic (exact) mass is 273 g/mol. The van der Waals surface area contributed by atoms with Crippen LogP contribution in [0.15, 0.2) is 18.2 Å². The first-order valence-corrected chi connectivity index (χ1v) is 5.85. The first-order valence-electron chi connectivity index (χ1n) is 5.85. The van der Waals surface area contributed by atoms with Crippen LogP contribution < -0.4 is 11.2 Å². The van der Waals surface area contributed by atoms with Crippen LogP contribution in [0.25, 0.3) is 0 Å². The van der Waals surface area contributed by atoms with E-state index in [1.165, 1.54) is 11.0 Å². The number of nitrogen functional groups attached to an aromatic ring is 1. The highest BCUT2D eigenvalue weighted by Gasteiger charge is 2.27. The molecule has 0 atom stereocenters. The molecule has 0 radical (unpaired) electrons. The van der Waals surface area contributed by atoms with Crippen LogP contribution in [0.1, 0.15) is 10.4 Å². The number of hydrogen-bond acceptors (Lipinski definition) is 3. The third-order valence-electron chi connectivity index (χ3n) is 2.90. The van der Waals surface area contributed by atoms with Gasteiger partial charge in [0, 0.05) is 24.3 Å². The van der Waals surface area contributed by atoms with E-state index in [1.807, 2.05) is 0 Å². The predicted octanol–water partition coefficient (Wildman–Crippen LogP) is 0.796. The Morgan fingerprint density at radius 3 is 2.42 bits per heavy atom. The van der Waals surface area contributed by atoms with Crippen LogP contribution in [-0.4, -0.2) is 44.1 Å². The Hall–Kier alpha value is -1.70. The first-order chi connectivity index (χ1) is 8.88. The second-order valence-corrected chi connectivity index (χ2v) is 4.37. The van der Waals surface area contributed by atoms with Crippen LogP contribution >= 0.6 is 0 Å². The standard InChI is InChI=1S/C11H13BF3N2O2/c13-12(14,15)9-5-8(6-10(16)7-9)11(18)17-1-3-19-4-2-17/h5-7H,1-4,16H2/q-1. The van der Waals surface area contributed by atoms with Gasteiger partial charge in [0.05, 0.1) is 13.2 Å². The number of anilines is 1. The van der Waals surface area contributed by atoms with Gasteiger partial charge in [0.25, 0.3) is 5.91 Å². The molecular weight excluding hydrogens is 260 g/mol. The number of nitrogens with zero attached hydrogens (tertiary/aromatic N) is 1. The SMILES string of the molecule is Nc1cc(C(=O)N2CCOCC2)cc([B-](F)(F)F)c1. The van der Waals surface area contributed by atoms with Crippen LogP contribution in [0.4, 0.5) is 18.6 Å². The first kappa shape index (κ1) is 13.7. The van der Waals surface area contributed by atoms with Gasteiger partial charge in [0.2, 0.25) is 0 Å². The van der Waals surface area contributed by atoms with E-state index >= 15 is 0 Å². The molecule has 1 amide bonds. The van der Waals surface area contributed by atoms with Crippen molar-refractivity contribution in [1.29, 1.82) is 0 Å². The second kappa shape index (κ2) is 5.12. The van der Waals surface area contributed by atoms with Crippen LogP contribution in [0, 0.1) is 0 Å². The van der Waals surface area contributed by atoms with Gasteiger partial charge in [-0.25, -0.2) is 0 Å². The molecule has 0 saturated carbocycles. The van der Waals surface area contributed by atoms with E-state index in [2.05, 4.69) is 0 Å². The summed E-state index contributed by atoms with van der Waals surface area (Å²) in [4.78, 5) is 13.5. The normalized spacial score (nSPS) is 16.5. The molecule has 2 N–H and O–H groups in total. The highest BCUT2D eigenvalue weighted by atomic mass is 19.4. The number of amides is 1. The summed E-state index contributed by atoms with van der Waals surface area (Å²) in [5.41, 5.74) is 4.49. The van der Waals surface area contributed by atoms with Gasteiger partial charge in [0.1, 0.15) is 0 Å². The topological polar surface area (TPSA) is 55.6 Å². The average Bonchev–Trinajstić information content (AvgIpc) is 2.37. The van der Waals surface area contributed by atoms with Crippen molar-refractivity contribution >= 4 is 24.0 Å². The summed E-state index contributed by atoms with van der Waals surface area (Å²) in [6.07, 6.45) is 0. The van der Waals surface area contributed by atoms with Crippen molar-refractivity contribution in [3.8, 4) is 0 Å².